The molecule has 2 aliphatic heterocycles. The van der Waals surface area contributed by atoms with Crippen LogP contribution < -0.4 is 0 Å². The van der Waals surface area contributed by atoms with E-state index in [1.165, 1.54) is 27.6 Å². The molecule has 104 valence electrons. The largest absolute Gasteiger partial charge is 0.355 e. The number of aromatic amines is 1. The van der Waals surface area contributed by atoms with Crippen molar-refractivity contribution in [3.8, 4) is 11.3 Å². The van der Waals surface area contributed by atoms with Crippen molar-refractivity contribution in [1.29, 1.82) is 0 Å². The van der Waals surface area contributed by atoms with Gasteiger partial charge in [0.2, 0.25) is 0 Å². The molecular weight excluding hydrogens is 268 g/mol. The topological polar surface area (TPSA) is 28.7 Å². The summed E-state index contributed by atoms with van der Waals surface area (Å²) < 4.78 is 0. The van der Waals surface area contributed by atoms with Gasteiger partial charge in [-0.05, 0) is 41.8 Å². The first kappa shape index (κ1) is 11.8. The Balaban J connectivity index is 1.80. The van der Waals surface area contributed by atoms with Crippen LogP contribution in [0, 0.1) is 0 Å². The van der Waals surface area contributed by atoms with E-state index >= 15 is 0 Å². The van der Waals surface area contributed by atoms with Gasteiger partial charge in [-0.1, -0.05) is 42.5 Å². The first-order valence-electron chi connectivity index (χ1n) is 7.55. The van der Waals surface area contributed by atoms with Gasteiger partial charge in [-0.25, -0.2) is 4.98 Å². The maximum Gasteiger partial charge on any atom is 0.0758 e. The summed E-state index contributed by atoms with van der Waals surface area (Å²) in [6.45, 7) is 0. The molecule has 2 bridgehead atoms. The minimum Gasteiger partial charge on any atom is -0.355 e. The van der Waals surface area contributed by atoms with Crippen LogP contribution in [0.15, 0.2) is 66.7 Å². The van der Waals surface area contributed by atoms with Gasteiger partial charge in [-0.2, -0.15) is 0 Å². The van der Waals surface area contributed by atoms with Crippen LogP contribution in [0.25, 0.3) is 33.2 Å². The van der Waals surface area contributed by atoms with Crippen LogP contribution in [-0.2, 0) is 6.42 Å². The number of fused-ring (bicyclic) bond motifs is 6. The van der Waals surface area contributed by atoms with Gasteiger partial charge in [0.15, 0.2) is 0 Å². The molecule has 0 radical (unpaired) electrons. The summed E-state index contributed by atoms with van der Waals surface area (Å²) in [5, 5.41) is 1.28. The van der Waals surface area contributed by atoms with Gasteiger partial charge in [0, 0.05) is 22.0 Å². The Morgan fingerprint density at radius 3 is 2.68 bits per heavy atom. The zero-order valence-corrected chi connectivity index (χ0v) is 12.0. The zero-order chi connectivity index (χ0) is 14.5. The maximum atomic E-state index is 4.82. The summed E-state index contributed by atoms with van der Waals surface area (Å²) in [5.74, 6) is 0. The quantitative estimate of drug-likeness (QED) is 0.492. The first-order chi connectivity index (χ1) is 10.9. The first-order valence-corrected chi connectivity index (χ1v) is 7.55. The van der Waals surface area contributed by atoms with Crippen LogP contribution in [0.3, 0.4) is 0 Å². The van der Waals surface area contributed by atoms with E-state index in [1.54, 1.807) is 0 Å². The van der Waals surface area contributed by atoms with Gasteiger partial charge in [0.1, 0.15) is 0 Å². The number of aromatic nitrogens is 2. The molecule has 0 unspecified atom stereocenters. The van der Waals surface area contributed by atoms with Gasteiger partial charge >= 0.3 is 0 Å². The van der Waals surface area contributed by atoms with E-state index in [1.807, 2.05) is 0 Å². The number of rotatable bonds is 2. The highest BCUT2D eigenvalue weighted by Crippen LogP contribution is 2.38. The van der Waals surface area contributed by atoms with Crippen molar-refractivity contribution in [2.45, 2.75) is 6.42 Å². The smallest absolute Gasteiger partial charge is 0.0758 e. The van der Waals surface area contributed by atoms with Gasteiger partial charge in [0.25, 0.3) is 0 Å². The lowest BCUT2D eigenvalue weighted by atomic mass is 9.98. The standard InChI is InChI=1S/C20H14N2/c1-2-5-13(6-3-1)11-14-7-4-8-16-19(14)20-17-10-9-15(21-17)12-18(20)22-16/h1-10,12,21H,11H2. The van der Waals surface area contributed by atoms with Gasteiger partial charge in [0.05, 0.1) is 11.2 Å². The number of nitrogens with zero attached hydrogens (tertiary/aromatic N) is 1. The maximum absolute atomic E-state index is 4.82. The molecule has 22 heavy (non-hydrogen) atoms. The Labute approximate surface area is 128 Å². The van der Waals surface area contributed by atoms with Crippen molar-refractivity contribution < 1.29 is 0 Å². The molecule has 2 aromatic carbocycles. The number of benzene rings is 2. The molecular formula is C20H14N2. The normalized spacial score (nSPS) is 11.8. The molecule has 2 nitrogen and oxygen atoms in total. The van der Waals surface area contributed by atoms with E-state index < -0.39 is 0 Å². The summed E-state index contributed by atoms with van der Waals surface area (Å²) in [4.78, 5) is 8.26. The number of hydrogen-bond donors (Lipinski definition) is 1. The van der Waals surface area contributed by atoms with E-state index in [2.05, 4.69) is 71.7 Å². The molecule has 1 aromatic heterocycles. The fraction of sp³-hybridized carbons (Fsp3) is 0.0500. The lowest BCUT2D eigenvalue weighted by molar-refractivity contribution is 1.21. The summed E-state index contributed by atoms with van der Waals surface area (Å²) in [6, 6.07) is 23.5. The van der Waals surface area contributed by atoms with Crippen molar-refractivity contribution in [2.75, 3.05) is 0 Å². The Kier molecular flexibility index (Phi) is 2.30. The highest BCUT2D eigenvalue weighted by Gasteiger charge is 2.18. The Hall–Kier alpha value is -2.87. The predicted molar refractivity (Wildman–Crippen MR) is 90.7 cm³/mol. The van der Waals surface area contributed by atoms with Crippen LogP contribution in [-0.4, -0.2) is 9.97 Å². The van der Waals surface area contributed by atoms with Gasteiger partial charge in [-0.15, -0.1) is 0 Å². The van der Waals surface area contributed by atoms with Crippen LogP contribution >= 0.6 is 0 Å². The van der Waals surface area contributed by atoms with Crippen molar-refractivity contribution in [3.63, 3.8) is 0 Å². The lowest BCUT2D eigenvalue weighted by Crippen LogP contribution is -1.89. The Bertz CT molecular complexity index is 1040. The van der Waals surface area contributed by atoms with Gasteiger partial charge in [-0.3, -0.25) is 0 Å². The van der Waals surface area contributed by atoms with Crippen molar-refractivity contribution in [3.05, 3.63) is 77.9 Å². The number of hydrogen-bond acceptors (Lipinski definition) is 1. The van der Waals surface area contributed by atoms with E-state index in [4.69, 9.17) is 4.98 Å². The fourth-order valence-corrected chi connectivity index (χ4v) is 3.41. The van der Waals surface area contributed by atoms with E-state index in [0.29, 0.717) is 0 Å². The molecule has 3 aromatic rings. The monoisotopic (exact) mass is 282 g/mol. The molecule has 0 amide bonds. The third-order valence-electron chi connectivity index (χ3n) is 4.38. The summed E-state index contributed by atoms with van der Waals surface area (Å²) in [5.41, 5.74) is 8.40. The van der Waals surface area contributed by atoms with Crippen molar-refractivity contribution in [2.24, 2.45) is 0 Å². The number of H-pyrrole nitrogens is 1. The molecule has 2 aliphatic rings. The third-order valence-corrected chi connectivity index (χ3v) is 4.38. The molecule has 0 saturated heterocycles. The van der Waals surface area contributed by atoms with E-state index in [9.17, 15) is 0 Å². The molecule has 1 N–H and O–H groups in total. The molecule has 0 fully saturated rings. The Morgan fingerprint density at radius 1 is 0.864 bits per heavy atom. The minimum absolute atomic E-state index is 0.934. The average Bonchev–Trinajstić information content (AvgIpc) is 3.11. The summed E-state index contributed by atoms with van der Waals surface area (Å²) in [6.07, 6.45) is 0.934. The molecule has 3 heterocycles. The van der Waals surface area contributed by atoms with Crippen LogP contribution in [0.1, 0.15) is 11.1 Å². The van der Waals surface area contributed by atoms with Crippen LogP contribution in [0.2, 0.25) is 0 Å². The number of pyridine rings is 1. The van der Waals surface area contributed by atoms with Crippen LogP contribution in [0.4, 0.5) is 0 Å². The third kappa shape index (κ3) is 1.64. The predicted octanol–water partition coefficient (Wildman–Crippen LogP) is 4.85. The second-order valence-corrected chi connectivity index (χ2v) is 5.82. The fourth-order valence-electron chi connectivity index (χ4n) is 3.41. The van der Waals surface area contributed by atoms with E-state index in [-0.39, 0.29) is 0 Å². The highest BCUT2D eigenvalue weighted by molar-refractivity contribution is 6.07. The molecule has 0 atom stereocenters. The lowest BCUT2D eigenvalue weighted by Gasteiger charge is -2.06. The van der Waals surface area contributed by atoms with Crippen LogP contribution in [0.5, 0.6) is 0 Å². The molecule has 0 aliphatic carbocycles. The molecule has 5 rings (SSSR count). The van der Waals surface area contributed by atoms with Crippen molar-refractivity contribution >= 4 is 21.9 Å². The summed E-state index contributed by atoms with van der Waals surface area (Å²) in [7, 11) is 0. The van der Waals surface area contributed by atoms with Gasteiger partial charge < -0.3 is 4.98 Å². The molecule has 2 heteroatoms. The summed E-state index contributed by atoms with van der Waals surface area (Å²) >= 11 is 0. The molecule has 0 saturated carbocycles. The SMILES string of the molecule is c1ccc(Cc2cccc3nc4cc5ccc([nH]5)c-4c23)cc1. The van der Waals surface area contributed by atoms with E-state index in [0.717, 1.165) is 23.1 Å². The zero-order valence-electron chi connectivity index (χ0n) is 12.0. The molecule has 0 spiro atoms. The number of nitrogens with one attached hydrogen (secondary N) is 1. The average molecular weight is 282 g/mol. The van der Waals surface area contributed by atoms with Crippen molar-refractivity contribution in [1.82, 2.24) is 9.97 Å². The highest BCUT2D eigenvalue weighted by atomic mass is 14.8. The Morgan fingerprint density at radius 2 is 1.77 bits per heavy atom. The second-order valence-electron chi connectivity index (χ2n) is 5.82. The minimum atomic E-state index is 0.934. The second kappa shape index (κ2) is 4.31.